The molecule has 26 heavy (non-hydrogen) atoms. The number of aliphatic carboxylic acids is 1. The molecule has 0 radical (unpaired) electrons. The van der Waals surface area contributed by atoms with Crippen molar-refractivity contribution in [2.45, 2.75) is 13.8 Å². The van der Waals surface area contributed by atoms with Crippen molar-refractivity contribution < 1.29 is 9.90 Å². The Balaban J connectivity index is 0.000000616. The first-order valence-electron chi connectivity index (χ1n) is 8.47. The van der Waals surface area contributed by atoms with Crippen LogP contribution in [0, 0.1) is 0 Å². The standard InChI is InChI=1S/C20H21P.C2H4O2.H3P/c1-2-21(18-12-6-3-7-13-18,19-14-8-4-9-15-19)20-16-10-5-11-17-20;1-2(3)4;/h3-17,21H,2H2,1H3;1H3,(H,3,4);1H3. The van der Waals surface area contributed by atoms with E-state index in [9.17, 15) is 0 Å². The molecule has 0 amide bonds. The second-order valence-electron chi connectivity index (χ2n) is 5.88. The van der Waals surface area contributed by atoms with Crippen LogP contribution in [0.5, 0.6) is 0 Å². The minimum Gasteiger partial charge on any atom is -0.153 e. The van der Waals surface area contributed by atoms with Crippen molar-refractivity contribution in [1.29, 1.82) is 0 Å². The van der Waals surface area contributed by atoms with Crippen molar-refractivity contribution in [1.82, 2.24) is 0 Å². The molecule has 0 spiro atoms. The zero-order chi connectivity index (χ0) is 18.1. The topological polar surface area (TPSA) is 37.3 Å². The van der Waals surface area contributed by atoms with Crippen molar-refractivity contribution in [3.63, 3.8) is 0 Å². The SMILES string of the molecule is CC(=O)O.CC[PH](c1ccccc1)(c1ccccc1)c1ccccc1.P. The normalized spacial score (nSPS) is 10.7. The van der Waals surface area contributed by atoms with Crippen molar-refractivity contribution in [3.8, 4) is 0 Å². The van der Waals surface area contributed by atoms with Gasteiger partial charge in [0.1, 0.15) is 0 Å². The second kappa shape index (κ2) is 10.9. The molecular weight excluding hydrogens is 358 g/mol. The van der Waals surface area contributed by atoms with Crippen molar-refractivity contribution >= 4 is 39.0 Å². The van der Waals surface area contributed by atoms with E-state index in [0.717, 1.165) is 6.92 Å². The maximum Gasteiger partial charge on any atom is -0.153 e. The van der Waals surface area contributed by atoms with Crippen molar-refractivity contribution in [3.05, 3.63) is 91.0 Å². The van der Waals surface area contributed by atoms with E-state index in [1.54, 1.807) is 0 Å². The van der Waals surface area contributed by atoms with E-state index < -0.39 is 13.2 Å². The van der Waals surface area contributed by atoms with Crippen LogP contribution in [0.1, 0.15) is 13.8 Å². The quantitative estimate of drug-likeness (QED) is 0.691. The van der Waals surface area contributed by atoms with Gasteiger partial charge in [-0.25, -0.2) is 0 Å². The zero-order valence-corrected chi connectivity index (χ0v) is 17.8. The summed E-state index contributed by atoms with van der Waals surface area (Å²) in [5, 5.41) is 11.9. The van der Waals surface area contributed by atoms with E-state index in [1.807, 2.05) is 0 Å². The van der Waals surface area contributed by atoms with Gasteiger partial charge in [-0.2, -0.15) is 9.90 Å². The van der Waals surface area contributed by atoms with Crippen LogP contribution in [-0.2, 0) is 4.79 Å². The number of carboxylic acid groups (broad SMARTS) is 1. The minimum atomic E-state index is -1.90. The van der Waals surface area contributed by atoms with Crippen LogP contribution in [0.3, 0.4) is 0 Å². The first-order chi connectivity index (χ1) is 12.1. The third kappa shape index (κ3) is 5.24. The molecule has 3 aromatic rings. The van der Waals surface area contributed by atoms with E-state index in [2.05, 4.69) is 97.9 Å². The third-order valence-corrected chi connectivity index (χ3v) is 9.35. The van der Waals surface area contributed by atoms with Gasteiger partial charge in [-0.1, -0.05) is 0 Å². The zero-order valence-electron chi connectivity index (χ0n) is 15.4. The molecule has 0 saturated heterocycles. The molecule has 1 atom stereocenters. The van der Waals surface area contributed by atoms with Gasteiger partial charge < -0.3 is 5.11 Å². The first kappa shape index (κ1) is 22.0. The number of hydrogen-bond acceptors (Lipinski definition) is 1. The van der Waals surface area contributed by atoms with Gasteiger partial charge in [0.2, 0.25) is 0 Å². The Hall–Kier alpha value is -2.01. The van der Waals surface area contributed by atoms with Crippen LogP contribution in [0.4, 0.5) is 0 Å². The summed E-state index contributed by atoms with van der Waals surface area (Å²) in [6.45, 7) is 3.42. The molecule has 0 heterocycles. The van der Waals surface area contributed by atoms with Gasteiger partial charge in [-0.05, 0) is 0 Å². The molecule has 0 saturated carbocycles. The summed E-state index contributed by atoms with van der Waals surface area (Å²) in [5.74, 6) is -0.833. The average Bonchev–Trinajstić information content (AvgIpc) is 2.65. The van der Waals surface area contributed by atoms with Crippen molar-refractivity contribution in [2.24, 2.45) is 0 Å². The van der Waals surface area contributed by atoms with E-state index in [4.69, 9.17) is 9.90 Å². The molecule has 0 bridgehead atoms. The fourth-order valence-corrected chi connectivity index (χ4v) is 7.79. The van der Waals surface area contributed by atoms with Gasteiger partial charge in [-0.3, -0.25) is 4.79 Å². The van der Waals surface area contributed by atoms with Gasteiger partial charge in [0.05, 0.1) is 0 Å². The Morgan fingerprint density at radius 1 is 0.731 bits per heavy atom. The fourth-order valence-electron chi connectivity index (χ4n) is 3.28. The maximum absolute atomic E-state index is 9.00. The third-order valence-electron chi connectivity index (χ3n) is 4.33. The monoisotopic (exact) mass is 386 g/mol. The number of hydrogen-bond donors (Lipinski definition) is 1. The van der Waals surface area contributed by atoms with E-state index in [1.165, 1.54) is 22.1 Å². The Morgan fingerprint density at radius 3 is 1.15 bits per heavy atom. The molecule has 0 aliphatic rings. The molecule has 1 N–H and O–H groups in total. The van der Waals surface area contributed by atoms with Gasteiger partial charge in [0.15, 0.2) is 0 Å². The summed E-state index contributed by atoms with van der Waals surface area (Å²) in [6, 6.07) is 33.1. The predicted molar refractivity (Wildman–Crippen MR) is 121 cm³/mol. The molecule has 4 heteroatoms. The molecule has 138 valence electrons. The van der Waals surface area contributed by atoms with Gasteiger partial charge in [0.25, 0.3) is 5.97 Å². The molecule has 0 aliphatic carbocycles. The van der Waals surface area contributed by atoms with Crippen molar-refractivity contribution in [2.75, 3.05) is 6.16 Å². The molecule has 0 aliphatic heterocycles. The second-order valence-corrected chi connectivity index (χ2v) is 10.1. The van der Waals surface area contributed by atoms with Crippen LogP contribution in [0.25, 0.3) is 0 Å². The Kier molecular flexibility index (Phi) is 9.21. The predicted octanol–water partition coefficient (Wildman–Crippen LogP) is 3.88. The van der Waals surface area contributed by atoms with E-state index in [0.29, 0.717) is 0 Å². The summed E-state index contributed by atoms with van der Waals surface area (Å²) >= 11 is 0. The van der Waals surface area contributed by atoms with Gasteiger partial charge >= 0.3 is 127 Å². The first-order valence-corrected chi connectivity index (χ1v) is 10.7. The molecule has 3 aromatic carbocycles. The average molecular weight is 386 g/mol. The number of carboxylic acids is 1. The van der Waals surface area contributed by atoms with Crippen LogP contribution < -0.4 is 15.9 Å². The number of rotatable bonds is 4. The number of carbonyl (C=O) groups is 1. The molecule has 2 nitrogen and oxygen atoms in total. The Morgan fingerprint density at radius 2 is 0.962 bits per heavy atom. The van der Waals surface area contributed by atoms with Gasteiger partial charge in [0, 0.05) is 6.92 Å². The molecule has 1 unspecified atom stereocenters. The fraction of sp³-hybridized carbons (Fsp3) is 0.136. The van der Waals surface area contributed by atoms with E-state index >= 15 is 0 Å². The summed E-state index contributed by atoms with van der Waals surface area (Å²) < 4.78 is 0. The Bertz CT molecular complexity index is 674. The van der Waals surface area contributed by atoms with Crippen LogP contribution in [0.2, 0.25) is 0 Å². The molecule has 3 rings (SSSR count). The summed E-state index contributed by atoms with van der Waals surface area (Å²) in [4.78, 5) is 9.00. The molecule has 0 aromatic heterocycles. The van der Waals surface area contributed by atoms with Crippen LogP contribution in [0.15, 0.2) is 91.0 Å². The maximum atomic E-state index is 9.00. The molecular formula is C22H28O2P2. The molecule has 0 fully saturated rings. The van der Waals surface area contributed by atoms with Crippen LogP contribution >= 0.6 is 17.2 Å². The van der Waals surface area contributed by atoms with E-state index in [-0.39, 0.29) is 9.90 Å². The van der Waals surface area contributed by atoms with Gasteiger partial charge in [-0.15, -0.1) is 0 Å². The smallest absolute Gasteiger partial charge is 0.153 e. The summed E-state index contributed by atoms with van der Waals surface area (Å²) in [6.07, 6.45) is 1.17. The van der Waals surface area contributed by atoms with Crippen LogP contribution in [-0.4, -0.2) is 17.2 Å². The number of benzene rings is 3. The largest absolute Gasteiger partial charge is 0.153 e. The Labute approximate surface area is 160 Å². The summed E-state index contributed by atoms with van der Waals surface area (Å²) in [5.41, 5.74) is 0. The summed E-state index contributed by atoms with van der Waals surface area (Å²) in [7, 11) is -1.90. The minimum absolute atomic E-state index is 0.